The van der Waals surface area contributed by atoms with Gasteiger partial charge in [-0.05, 0) is 36.4 Å². The van der Waals surface area contributed by atoms with E-state index in [2.05, 4.69) is 4.94 Å². The van der Waals surface area contributed by atoms with E-state index in [1.165, 1.54) is 24.3 Å². The van der Waals surface area contributed by atoms with E-state index in [0.29, 0.717) is 16.7 Å². The molecule has 1 aliphatic carbocycles. The third-order valence-electron chi connectivity index (χ3n) is 4.39. The summed E-state index contributed by atoms with van der Waals surface area (Å²) in [6, 6.07) is 13.5. The highest BCUT2D eigenvalue weighted by atomic mass is 19.3. The average Bonchev–Trinajstić information content (AvgIpc) is 3.27. The van der Waals surface area contributed by atoms with Gasteiger partial charge in [0.1, 0.15) is 22.8 Å². The van der Waals surface area contributed by atoms with Crippen molar-refractivity contribution in [1.29, 1.82) is 0 Å². The van der Waals surface area contributed by atoms with E-state index in [-0.39, 0.29) is 34.2 Å². The molecule has 0 unspecified atom stereocenters. The fraction of sp³-hybridized carbons (Fsp3) is 0. The van der Waals surface area contributed by atoms with Gasteiger partial charge in [-0.3, -0.25) is 9.59 Å². The molecule has 28 heavy (non-hydrogen) atoms. The molecule has 0 fully saturated rings. The highest BCUT2D eigenvalue weighted by Gasteiger charge is 2.32. The molecule has 1 heterocycles. The van der Waals surface area contributed by atoms with Gasteiger partial charge in [0.2, 0.25) is 0 Å². The SMILES string of the molecule is O=C(OF)c1cc(-c2ccc(C=C3C(=O)c4ccccc4C3=O)o2)ccc1O. The first-order chi connectivity index (χ1) is 13.5. The summed E-state index contributed by atoms with van der Waals surface area (Å²) < 4.78 is 17.8. The van der Waals surface area contributed by atoms with Crippen LogP contribution in [-0.2, 0) is 4.94 Å². The molecule has 2 aromatic carbocycles. The Morgan fingerprint density at radius 3 is 2.32 bits per heavy atom. The summed E-state index contributed by atoms with van der Waals surface area (Å²) in [6.07, 6.45) is 1.35. The number of carbonyl (C=O) groups is 3. The van der Waals surface area contributed by atoms with Crippen LogP contribution in [0, 0.1) is 0 Å². The second-order valence-electron chi connectivity index (χ2n) is 6.06. The van der Waals surface area contributed by atoms with Crippen LogP contribution in [0.25, 0.3) is 17.4 Å². The number of ketones is 2. The highest BCUT2D eigenvalue weighted by molar-refractivity contribution is 6.41. The Bertz CT molecular complexity index is 1130. The molecule has 4 rings (SSSR count). The molecule has 0 spiro atoms. The Balaban J connectivity index is 1.68. The normalized spacial score (nSPS) is 12.8. The van der Waals surface area contributed by atoms with Gasteiger partial charge in [0.15, 0.2) is 11.6 Å². The molecule has 6 nitrogen and oxygen atoms in total. The van der Waals surface area contributed by atoms with E-state index in [1.807, 2.05) is 0 Å². The van der Waals surface area contributed by atoms with Crippen LogP contribution in [0.1, 0.15) is 36.8 Å². The predicted molar refractivity (Wildman–Crippen MR) is 95.4 cm³/mol. The van der Waals surface area contributed by atoms with Gasteiger partial charge in [-0.25, -0.2) is 9.74 Å². The topological polar surface area (TPSA) is 93.8 Å². The van der Waals surface area contributed by atoms with E-state index in [4.69, 9.17) is 4.42 Å². The smallest absolute Gasteiger partial charge is 0.383 e. The lowest BCUT2D eigenvalue weighted by molar-refractivity contribution is -0.0789. The third kappa shape index (κ3) is 2.79. The van der Waals surface area contributed by atoms with Gasteiger partial charge in [0.05, 0.1) is 5.57 Å². The molecule has 0 atom stereocenters. The van der Waals surface area contributed by atoms with Crippen molar-refractivity contribution < 1.29 is 33.4 Å². The number of carbonyl (C=O) groups excluding carboxylic acids is 3. The molecule has 0 radical (unpaired) electrons. The maximum atomic E-state index is 12.4. The van der Waals surface area contributed by atoms with Crippen molar-refractivity contribution in [1.82, 2.24) is 0 Å². The molecule has 7 heteroatoms. The van der Waals surface area contributed by atoms with Crippen molar-refractivity contribution in [2.45, 2.75) is 0 Å². The van der Waals surface area contributed by atoms with Gasteiger partial charge in [-0.1, -0.05) is 24.3 Å². The summed E-state index contributed by atoms with van der Waals surface area (Å²) in [5.41, 5.74) is 0.689. The number of furan rings is 1. The summed E-state index contributed by atoms with van der Waals surface area (Å²) in [5.74, 6) is -2.00. The first-order valence-electron chi connectivity index (χ1n) is 8.16. The van der Waals surface area contributed by atoms with E-state index < -0.39 is 11.7 Å². The second-order valence-corrected chi connectivity index (χ2v) is 6.06. The summed E-state index contributed by atoms with van der Waals surface area (Å²) in [6.45, 7) is 0. The van der Waals surface area contributed by atoms with Crippen LogP contribution in [-0.4, -0.2) is 22.6 Å². The van der Waals surface area contributed by atoms with Crippen LogP contribution in [0.5, 0.6) is 5.75 Å². The molecule has 0 aliphatic heterocycles. The molecule has 138 valence electrons. The minimum atomic E-state index is -1.34. The molecule has 1 N–H and O–H groups in total. The number of phenols is 1. The van der Waals surface area contributed by atoms with Crippen molar-refractivity contribution in [3.8, 4) is 17.1 Å². The largest absolute Gasteiger partial charge is 0.507 e. The second kappa shape index (κ2) is 6.62. The number of benzene rings is 2. The van der Waals surface area contributed by atoms with Gasteiger partial charge in [0.25, 0.3) is 0 Å². The zero-order chi connectivity index (χ0) is 19.8. The zero-order valence-electron chi connectivity index (χ0n) is 14.1. The molecule has 0 saturated heterocycles. The molecular formula is C21H11FO6. The van der Waals surface area contributed by atoms with Crippen molar-refractivity contribution in [2.75, 3.05) is 0 Å². The number of rotatable bonds is 3. The van der Waals surface area contributed by atoms with Crippen molar-refractivity contribution in [3.05, 3.63) is 82.6 Å². The minimum Gasteiger partial charge on any atom is -0.507 e. The van der Waals surface area contributed by atoms with Gasteiger partial charge < -0.3 is 9.52 Å². The fourth-order valence-corrected chi connectivity index (χ4v) is 3.03. The number of fused-ring (bicyclic) bond motifs is 1. The number of Topliss-reactive ketones (excluding diaryl/α,β-unsaturated/α-hetero) is 2. The predicted octanol–water partition coefficient (Wildman–Crippen LogP) is 4.16. The lowest BCUT2D eigenvalue weighted by Crippen LogP contribution is -1.99. The molecule has 0 bridgehead atoms. The molecule has 0 amide bonds. The van der Waals surface area contributed by atoms with Gasteiger partial charge in [-0.15, -0.1) is 0 Å². The van der Waals surface area contributed by atoms with Crippen LogP contribution >= 0.6 is 0 Å². The highest BCUT2D eigenvalue weighted by Crippen LogP contribution is 2.31. The number of phenolic OH excluding ortho intramolecular Hbond substituents is 1. The average molecular weight is 378 g/mol. The molecule has 1 aliphatic rings. The molecular weight excluding hydrogens is 367 g/mol. The van der Waals surface area contributed by atoms with Gasteiger partial charge >= 0.3 is 5.97 Å². The van der Waals surface area contributed by atoms with E-state index >= 15 is 0 Å². The van der Waals surface area contributed by atoms with Crippen LogP contribution in [0.3, 0.4) is 0 Å². The Kier molecular flexibility index (Phi) is 4.12. The molecule has 0 saturated carbocycles. The van der Waals surface area contributed by atoms with Crippen LogP contribution in [0.15, 0.2) is 64.6 Å². The number of aromatic hydroxyl groups is 1. The Hall–Kier alpha value is -4.00. The van der Waals surface area contributed by atoms with Gasteiger partial charge in [-0.2, -0.15) is 0 Å². The standard InChI is InChI=1S/C21H11FO6/c22-28-21(26)15-9-11(5-7-17(15)23)18-8-6-12(27-18)10-16-19(24)13-3-1-2-4-14(13)20(16)25/h1-10,23H. The van der Waals surface area contributed by atoms with E-state index in [9.17, 15) is 24.0 Å². The van der Waals surface area contributed by atoms with Crippen LogP contribution in [0.2, 0.25) is 0 Å². The number of hydrogen-bond acceptors (Lipinski definition) is 6. The monoisotopic (exact) mass is 378 g/mol. The minimum absolute atomic E-state index is 0.00509. The first kappa shape index (κ1) is 17.4. The lowest BCUT2D eigenvalue weighted by atomic mass is 10.1. The number of allylic oxidation sites excluding steroid dienone is 1. The number of halogens is 1. The summed E-state index contributed by atoms with van der Waals surface area (Å²) in [4.78, 5) is 39.4. The maximum Gasteiger partial charge on any atom is 0.383 e. The molecule has 1 aromatic heterocycles. The van der Waals surface area contributed by atoms with Crippen LogP contribution in [0.4, 0.5) is 4.53 Å². The molecule has 3 aromatic rings. The lowest BCUT2D eigenvalue weighted by Gasteiger charge is -2.02. The zero-order valence-corrected chi connectivity index (χ0v) is 14.1. The van der Waals surface area contributed by atoms with E-state index in [0.717, 1.165) is 0 Å². The van der Waals surface area contributed by atoms with Crippen molar-refractivity contribution >= 4 is 23.6 Å². The number of hydrogen-bond donors (Lipinski definition) is 1. The fourth-order valence-electron chi connectivity index (χ4n) is 3.03. The van der Waals surface area contributed by atoms with Crippen LogP contribution < -0.4 is 0 Å². The Labute approximate surface area is 157 Å². The van der Waals surface area contributed by atoms with Crippen molar-refractivity contribution in [3.63, 3.8) is 0 Å². The Morgan fingerprint density at radius 2 is 1.68 bits per heavy atom. The summed E-state index contributed by atoms with van der Waals surface area (Å²) in [7, 11) is 0. The third-order valence-corrected chi connectivity index (χ3v) is 4.39. The van der Waals surface area contributed by atoms with Crippen molar-refractivity contribution in [2.24, 2.45) is 0 Å². The first-order valence-corrected chi connectivity index (χ1v) is 8.16. The maximum absolute atomic E-state index is 12.4. The van der Waals surface area contributed by atoms with Gasteiger partial charge in [0, 0.05) is 21.2 Å². The quantitative estimate of drug-likeness (QED) is 0.543. The Morgan fingerprint density at radius 1 is 1.00 bits per heavy atom. The summed E-state index contributed by atoms with van der Waals surface area (Å²) >= 11 is 0. The van der Waals surface area contributed by atoms with E-state index in [1.54, 1.807) is 36.4 Å². The summed E-state index contributed by atoms with van der Waals surface area (Å²) in [5, 5.41) is 9.64.